The van der Waals surface area contributed by atoms with Gasteiger partial charge in [-0.3, -0.25) is 4.40 Å². The standard InChI is InChI=1S/C23H21N4/c1-16-14-25(2)21(13-18(16)17-9-5-4-6-10-17)22-15-27-20-12-8-7-11-19(20)24-23(27)26(22)3/h4-15H,1-3H3/q+1/i1D3. The van der Waals surface area contributed by atoms with Crippen LogP contribution in [-0.2, 0) is 14.1 Å². The van der Waals surface area contributed by atoms with Crippen LogP contribution < -0.4 is 4.57 Å². The van der Waals surface area contributed by atoms with Crippen molar-refractivity contribution in [2.75, 3.05) is 0 Å². The minimum Gasteiger partial charge on any atom is -0.308 e. The van der Waals surface area contributed by atoms with Gasteiger partial charge in [0.15, 0.2) is 6.20 Å². The van der Waals surface area contributed by atoms with Gasteiger partial charge in [0, 0.05) is 29.0 Å². The van der Waals surface area contributed by atoms with Crippen LogP contribution in [0.1, 0.15) is 9.68 Å². The molecule has 0 saturated carbocycles. The zero-order valence-corrected chi connectivity index (χ0v) is 15.2. The molecule has 4 heteroatoms. The maximum atomic E-state index is 8.03. The van der Waals surface area contributed by atoms with E-state index in [1.165, 1.54) is 0 Å². The third-order valence-electron chi connectivity index (χ3n) is 5.11. The monoisotopic (exact) mass is 356 g/mol. The van der Waals surface area contributed by atoms with Crippen LogP contribution in [0.3, 0.4) is 0 Å². The SMILES string of the molecule is [2H]C([2H])([2H])c1c[n+](C)c(-c2cn3c4ccccc4nc3n2C)cc1-c1ccccc1. The highest BCUT2D eigenvalue weighted by molar-refractivity contribution is 5.81. The molecule has 0 aliphatic heterocycles. The molecule has 132 valence electrons. The second-order valence-electron chi connectivity index (χ2n) is 6.81. The maximum absolute atomic E-state index is 8.03. The molecule has 3 heterocycles. The molecule has 3 aromatic heterocycles. The zero-order chi connectivity index (χ0) is 21.0. The highest BCUT2D eigenvalue weighted by atomic mass is 15.2. The first-order valence-corrected chi connectivity index (χ1v) is 8.87. The second kappa shape index (κ2) is 5.81. The molecule has 0 aliphatic rings. The molecule has 5 aromatic rings. The summed E-state index contributed by atoms with van der Waals surface area (Å²) in [6.07, 6.45) is 3.78. The lowest BCUT2D eigenvalue weighted by Crippen LogP contribution is -2.31. The van der Waals surface area contributed by atoms with Gasteiger partial charge in [-0.2, -0.15) is 4.57 Å². The van der Waals surface area contributed by atoms with E-state index in [0.29, 0.717) is 11.1 Å². The van der Waals surface area contributed by atoms with Gasteiger partial charge in [-0.05, 0) is 30.1 Å². The van der Waals surface area contributed by atoms with Crippen molar-refractivity contribution in [3.05, 3.63) is 78.6 Å². The smallest absolute Gasteiger partial charge is 0.231 e. The molecule has 5 rings (SSSR count). The molecule has 0 spiro atoms. The van der Waals surface area contributed by atoms with Crippen molar-refractivity contribution >= 4 is 16.8 Å². The van der Waals surface area contributed by atoms with E-state index in [0.717, 1.165) is 33.8 Å². The van der Waals surface area contributed by atoms with E-state index in [-0.39, 0.29) is 0 Å². The number of hydrogen-bond acceptors (Lipinski definition) is 1. The third kappa shape index (κ3) is 2.37. The fourth-order valence-electron chi connectivity index (χ4n) is 3.71. The maximum Gasteiger partial charge on any atom is 0.231 e. The van der Waals surface area contributed by atoms with Gasteiger partial charge in [0.25, 0.3) is 0 Å². The summed E-state index contributed by atoms with van der Waals surface area (Å²) in [5.41, 5.74) is 5.80. The summed E-state index contributed by atoms with van der Waals surface area (Å²) in [6, 6.07) is 19.7. The van der Waals surface area contributed by atoms with E-state index in [9.17, 15) is 0 Å². The van der Waals surface area contributed by atoms with E-state index >= 15 is 0 Å². The Hall–Kier alpha value is -3.40. The van der Waals surface area contributed by atoms with E-state index in [1.54, 1.807) is 6.20 Å². The van der Waals surface area contributed by atoms with Crippen molar-refractivity contribution in [1.82, 2.24) is 14.0 Å². The van der Waals surface area contributed by atoms with Gasteiger partial charge in [0.1, 0.15) is 12.7 Å². The zero-order valence-electron chi connectivity index (χ0n) is 18.2. The first kappa shape index (κ1) is 12.9. The van der Waals surface area contributed by atoms with Gasteiger partial charge >= 0.3 is 0 Å². The van der Waals surface area contributed by atoms with Gasteiger partial charge in [0.2, 0.25) is 11.5 Å². The molecular formula is C23H21N4+. The Balaban J connectivity index is 1.78. The highest BCUT2D eigenvalue weighted by Gasteiger charge is 2.21. The summed E-state index contributed by atoms with van der Waals surface area (Å²) in [5, 5.41) is 0. The predicted molar refractivity (Wildman–Crippen MR) is 108 cm³/mol. The quantitative estimate of drug-likeness (QED) is 0.433. The Bertz CT molecular complexity index is 1400. The summed E-state index contributed by atoms with van der Waals surface area (Å²) >= 11 is 0. The van der Waals surface area contributed by atoms with E-state index in [1.807, 2.05) is 83.9 Å². The van der Waals surface area contributed by atoms with Crippen LogP contribution in [0.4, 0.5) is 0 Å². The molecule has 0 amide bonds. The van der Waals surface area contributed by atoms with E-state index in [2.05, 4.69) is 10.6 Å². The Kier molecular flexibility index (Phi) is 2.77. The number of aryl methyl sites for hydroxylation is 3. The lowest BCUT2D eigenvalue weighted by Gasteiger charge is -2.08. The van der Waals surface area contributed by atoms with Crippen molar-refractivity contribution in [2.24, 2.45) is 14.1 Å². The predicted octanol–water partition coefficient (Wildman–Crippen LogP) is 4.29. The van der Waals surface area contributed by atoms with Crippen LogP contribution >= 0.6 is 0 Å². The Morgan fingerprint density at radius 1 is 1.04 bits per heavy atom. The van der Waals surface area contributed by atoms with E-state index in [4.69, 9.17) is 9.10 Å². The summed E-state index contributed by atoms with van der Waals surface area (Å²) in [4.78, 5) is 4.75. The number of imidazole rings is 2. The van der Waals surface area contributed by atoms with Crippen molar-refractivity contribution < 1.29 is 8.68 Å². The number of rotatable bonds is 2. The highest BCUT2D eigenvalue weighted by Crippen LogP contribution is 2.28. The van der Waals surface area contributed by atoms with Crippen molar-refractivity contribution in [2.45, 2.75) is 6.85 Å². The third-order valence-corrected chi connectivity index (χ3v) is 5.11. The molecule has 4 nitrogen and oxygen atoms in total. The molecule has 0 aliphatic carbocycles. The van der Waals surface area contributed by atoms with Crippen molar-refractivity contribution in [1.29, 1.82) is 0 Å². The van der Waals surface area contributed by atoms with Crippen molar-refractivity contribution in [3.8, 4) is 22.5 Å². The number of hydrogen-bond donors (Lipinski definition) is 0. The number of nitrogens with zero attached hydrogens (tertiary/aromatic N) is 4. The Labute approximate surface area is 162 Å². The molecule has 27 heavy (non-hydrogen) atoms. The fourth-order valence-corrected chi connectivity index (χ4v) is 3.71. The molecule has 0 radical (unpaired) electrons. The first-order valence-electron chi connectivity index (χ1n) is 10.4. The van der Waals surface area contributed by atoms with Crippen LogP contribution in [0.15, 0.2) is 73.1 Å². The summed E-state index contributed by atoms with van der Waals surface area (Å²) in [5.74, 6) is 0.840. The topological polar surface area (TPSA) is 26.1 Å². The van der Waals surface area contributed by atoms with Crippen LogP contribution in [0.25, 0.3) is 39.3 Å². The average Bonchev–Trinajstić information content (AvgIpc) is 3.25. The second-order valence-corrected chi connectivity index (χ2v) is 6.81. The van der Waals surface area contributed by atoms with Crippen LogP contribution in [0, 0.1) is 6.85 Å². The largest absolute Gasteiger partial charge is 0.308 e. The van der Waals surface area contributed by atoms with Gasteiger partial charge in [0.05, 0.1) is 11.0 Å². The van der Waals surface area contributed by atoms with Gasteiger partial charge in [-0.15, -0.1) is 0 Å². The number of benzene rings is 2. The minimum absolute atomic E-state index is 0.337. The van der Waals surface area contributed by atoms with Gasteiger partial charge in [-0.25, -0.2) is 4.98 Å². The lowest BCUT2D eigenvalue weighted by atomic mass is 10.0. The number of para-hydroxylation sites is 2. The summed E-state index contributed by atoms with van der Waals surface area (Å²) < 4.78 is 30.1. The van der Waals surface area contributed by atoms with Gasteiger partial charge in [-0.1, -0.05) is 42.5 Å². The van der Waals surface area contributed by atoms with Crippen LogP contribution in [0.5, 0.6) is 0 Å². The Morgan fingerprint density at radius 2 is 1.81 bits per heavy atom. The van der Waals surface area contributed by atoms with Crippen LogP contribution in [-0.4, -0.2) is 14.0 Å². The molecular weight excluding hydrogens is 332 g/mol. The average molecular weight is 356 g/mol. The molecule has 0 saturated heterocycles. The molecule has 0 N–H and O–H groups in total. The molecule has 0 unspecified atom stereocenters. The Morgan fingerprint density at radius 3 is 2.63 bits per heavy atom. The minimum atomic E-state index is -2.21. The van der Waals surface area contributed by atoms with E-state index < -0.39 is 6.85 Å². The van der Waals surface area contributed by atoms with Crippen molar-refractivity contribution in [3.63, 3.8) is 0 Å². The molecule has 0 atom stereocenters. The molecule has 0 fully saturated rings. The summed E-state index contributed by atoms with van der Waals surface area (Å²) in [7, 11) is 3.86. The number of pyridine rings is 1. The normalized spacial score (nSPS) is 13.6. The molecule has 0 bridgehead atoms. The fraction of sp³-hybridized carbons (Fsp3) is 0.130. The first-order chi connectivity index (χ1) is 14.3. The number of fused-ring (bicyclic) bond motifs is 3. The molecule has 2 aromatic carbocycles. The summed E-state index contributed by atoms with van der Waals surface area (Å²) in [6.45, 7) is -2.21. The lowest BCUT2D eigenvalue weighted by molar-refractivity contribution is -0.660. The van der Waals surface area contributed by atoms with Gasteiger partial charge < -0.3 is 4.57 Å². The number of aromatic nitrogens is 4. The van der Waals surface area contributed by atoms with Crippen LogP contribution in [0.2, 0.25) is 0 Å².